The fraction of sp³-hybridized carbons (Fsp3) is 0.409. The average molecular weight is 553 g/mol. The van der Waals surface area contributed by atoms with E-state index in [9.17, 15) is 4.79 Å². The standard InChI is InChI=1S/C22H25Cl2N2O2.Cs/c23-17-10-6-11-18(24)22(17)26-19-12-5-4-9-16(19)13-21(27)28-20(14-25)15-7-2-1-3-8-15;/h4-6,9-12,15,20,25-26H,1-3,7-8,13-14H2;/q-1;+1. The van der Waals surface area contributed by atoms with Gasteiger partial charge in [0.1, 0.15) is 0 Å². The smallest absolute Gasteiger partial charge is 0.674 e. The number of hydrogen-bond acceptors (Lipinski definition) is 3. The predicted molar refractivity (Wildman–Crippen MR) is 116 cm³/mol. The molecule has 7 heteroatoms. The molecule has 0 bridgehead atoms. The number of halogens is 2. The monoisotopic (exact) mass is 552 g/mol. The number of benzene rings is 2. The molecule has 0 radical (unpaired) electrons. The fourth-order valence-electron chi connectivity index (χ4n) is 3.72. The third-order valence-corrected chi connectivity index (χ3v) is 5.86. The quantitative estimate of drug-likeness (QED) is 0.531. The van der Waals surface area contributed by atoms with Crippen LogP contribution in [0, 0.1) is 5.92 Å². The van der Waals surface area contributed by atoms with E-state index in [2.05, 4.69) is 5.32 Å². The van der Waals surface area contributed by atoms with E-state index in [4.69, 9.17) is 33.7 Å². The van der Waals surface area contributed by atoms with E-state index in [1.54, 1.807) is 18.2 Å². The first-order chi connectivity index (χ1) is 13.6. The summed E-state index contributed by atoms with van der Waals surface area (Å²) in [6, 6.07) is 12.8. The zero-order valence-corrected chi connectivity index (χ0v) is 24.5. The van der Waals surface area contributed by atoms with Gasteiger partial charge in [-0.15, -0.1) is 6.54 Å². The average Bonchev–Trinajstić information content (AvgIpc) is 2.71. The Morgan fingerprint density at radius 2 is 1.72 bits per heavy atom. The largest absolute Gasteiger partial charge is 1.00 e. The van der Waals surface area contributed by atoms with Gasteiger partial charge in [-0.05, 0) is 42.5 Å². The van der Waals surface area contributed by atoms with Crippen LogP contribution in [-0.4, -0.2) is 18.6 Å². The van der Waals surface area contributed by atoms with Crippen molar-refractivity contribution in [3.63, 3.8) is 0 Å². The summed E-state index contributed by atoms with van der Waals surface area (Å²) in [6.45, 7) is 0.117. The minimum Gasteiger partial charge on any atom is -0.674 e. The summed E-state index contributed by atoms with van der Waals surface area (Å²) < 4.78 is 5.69. The van der Waals surface area contributed by atoms with Crippen LogP contribution < -0.4 is 74.2 Å². The van der Waals surface area contributed by atoms with Crippen molar-refractivity contribution in [3.05, 3.63) is 63.8 Å². The Kier molecular flexibility index (Phi) is 11.4. The third-order valence-electron chi connectivity index (χ3n) is 5.23. The first kappa shape index (κ1) is 25.6. The summed E-state index contributed by atoms with van der Waals surface area (Å²) in [6.07, 6.45) is 5.45. The Morgan fingerprint density at radius 1 is 1.07 bits per heavy atom. The van der Waals surface area contributed by atoms with Crippen LogP contribution in [0.3, 0.4) is 0 Å². The second kappa shape index (κ2) is 13.0. The van der Waals surface area contributed by atoms with E-state index in [1.165, 1.54) is 6.42 Å². The minimum atomic E-state index is -0.314. The molecule has 0 spiro atoms. The Labute approximate surface area is 241 Å². The van der Waals surface area contributed by atoms with Gasteiger partial charge in [0, 0.05) is 5.69 Å². The molecule has 2 N–H and O–H groups in total. The minimum absolute atomic E-state index is 0. The second-order valence-corrected chi connectivity index (χ2v) is 8.00. The van der Waals surface area contributed by atoms with E-state index in [1.807, 2.05) is 24.3 Å². The first-order valence-corrected chi connectivity index (χ1v) is 10.5. The van der Waals surface area contributed by atoms with Crippen LogP contribution in [0.25, 0.3) is 5.73 Å². The molecule has 2 aromatic carbocycles. The van der Waals surface area contributed by atoms with Crippen molar-refractivity contribution in [2.45, 2.75) is 44.6 Å². The number of para-hydroxylation sites is 2. The molecule has 1 aliphatic rings. The molecule has 4 nitrogen and oxygen atoms in total. The molecule has 1 fully saturated rings. The van der Waals surface area contributed by atoms with Gasteiger partial charge in [-0.1, -0.05) is 66.7 Å². The van der Waals surface area contributed by atoms with Crippen LogP contribution in [0.15, 0.2) is 42.5 Å². The SMILES string of the molecule is [Cs+].[NH-]CC(OC(=O)Cc1ccccc1Nc1c(Cl)cccc1Cl)C1CCCCC1. The maximum Gasteiger partial charge on any atom is 1.00 e. The van der Waals surface area contributed by atoms with Crippen LogP contribution in [0.4, 0.5) is 11.4 Å². The van der Waals surface area contributed by atoms with Crippen molar-refractivity contribution < 1.29 is 78.4 Å². The van der Waals surface area contributed by atoms with Crippen molar-refractivity contribution in [1.82, 2.24) is 0 Å². The molecule has 150 valence electrons. The maximum absolute atomic E-state index is 12.6. The molecule has 1 aliphatic carbocycles. The maximum atomic E-state index is 12.6. The molecule has 1 unspecified atom stereocenters. The van der Waals surface area contributed by atoms with Gasteiger partial charge in [-0.25, -0.2) is 0 Å². The topological polar surface area (TPSA) is 62.1 Å². The Bertz CT molecular complexity index is 793. The molecule has 2 aromatic rings. The number of carbonyl (C=O) groups is 1. The zero-order chi connectivity index (χ0) is 19.9. The molecule has 0 saturated heterocycles. The number of esters is 1. The van der Waals surface area contributed by atoms with Gasteiger partial charge in [0.05, 0.1) is 28.3 Å². The number of ether oxygens (including phenoxy) is 1. The second-order valence-electron chi connectivity index (χ2n) is 7.19. The molecular formula is C22H25Cl2CsN2O2. The summed E-state index contributed by atoms with van der Waals surface area (Å²) in [7, 11) is 0. The Hall–Kier alpha value is 0.302. The van der Waals surface area contributed by atoms with E-state index in [0.29, 0.717) is 21.7 Å². The van der Waals surface area contributed by atoms with Crippen LogP contribution in [-0.2, 0) is 16.0 Å². The van der Waals surface area contributed by atoms with Gasteiger partial charge < -0.3 is 15.8 Å². The van der Waals surface area contributed by atoms with Gasteiger partial charge in [0.25, 0.3) is 0 Å². The van der Waals surface area contributed by atoms with Crippen molar-refractivity contribution in [1.29, 1.82) is 0 Å². The van der Waals surface area contributed by atoms with Crippen molar-refractivity contribution in [2.24, 2.45) is 5.92 Å². The summed E-state index contributed by atoms with van der Waals surface area (Å²) >= 11 is 12.5. The van der Waals surface area contributed by atoms with Gasteiger partial charge in [-0.2, -0.15) is 0 Å². The summed E-state index contributed by atoms with van der Waals surface area (Å²) in [5.74, 6) is 0.00725. The van der Waals surface area contributed by atoms with E-state index in [0.717, 1.165) is 36.9 Å². The molecule has 0 amide bonds. The number of carbonyl (C=O) groups excluding carboxylic acids is 1. The molecule has 1 atom stereocenters. The molecule has 0 aromatic heterocycles. The third kappa shape index (κ3) is 7.44. The van der Waals surface area contributed by atoms with Gasteiger partial charge in [-0.3, -0.25) is 4.79 Å². The molecule has 3 rings (SSSR count). The molecule has 29 heavy (non-hydrogen) atoms. The molecule has 0 heterocycles. The molecule has 1 saturated carbocycles. The number of nitrogens with one attached hydrogen (secondary N) is 2. The number of rotatable bonds is 7. The van der Waals surface area contributed by atoms with Crippen LogP contribution in [0.5, 0.6) is 0 Å². The molecule has 0 aliphatic heterocycles. The van der Waals surface area contributed by atoms with Gasteiger partial charge in [0.15, 0.2) is 0 Å². The Morgan fingerprint density at radius 3 is 2.38 bits per heavy atom. The zero-order valence-electron chi connectivity index (χ0n) is 16.7. The van der Waals surface area contributed by atoms with Gasteiger partial charge >= 0.3 is 74.9 Å². The normalized spacial score (nSPS) is 15.3. The molecular weight excluding hydrogens is 528 g/mol. The van der Waals surface area contributed by atoms with Crippen molar-refractivity contribution >= 4 is 40.5 Å². The summed E-state index contributed by atoms with van der Waals surface area (Å²) in [5.41, 5.74) is 9.96. The van der Waals surface area contributed by atoms with Crippen molar-refractivity contribution in [2.75, 3.05) is 11.9 Å². The van der Waals surface area contributed by atoms with Gasteiger partial charge in [0.2, 0.25) is 0 Å². The van der Waals surface area contributed by atoms with E-state index in [-0.39, 0.29) is 93.9 Å². The summed E-state index contributed by atoms with van der Waals surface area (Å²) in [5, 5.41) is 4.26. The van der Waals surface area contributed by atoms with E-state index >= 15 is 0 Å². The van der Waals surface area contributed by atoms with Crippen LogP contribution in [0.2, 0.25) is 10.0 Å². The number of hydrogen-bond donors (Lipinski definition) is 1. The Balaban J connectivity index is 0.00000300. The van der Waals surface area contributed by atoms with E-state index < -0.39 is 0 Å². The van der Waals surface area contributed by atoms with Crippen molar-refractivity contribution in [3.8, 4) is 0 Å². The van der Waals surface area contributed by atoms with Crippen LogP contribution >= 0.6 is 23.2 Å². The summed E-state index contributed by atoms with van der Waals surface area (Å²) in [4.78, 5) is 12.6. The first-order valence-electron chi connectivity index (χ1n) is 9.71. The fourth-order valence-corrected chi connectivity index (χ4v) is 4.22. The number of anilines is 2. The predicted octanol–water partition coefficient (Wildman–Crippen LogP) is 3.83. The van der Waals surface area contributed by atoms with Crippen LogP contribution in [0.1, 0.15) is 37.7 Å².